The highest BCUT2D eigenvalue weighted by atomic mass is 32.2. The molecule has 2 aliphatic rings. The molecular formula is C17H22N2O4S. The number of sulfonamides is 1. The Morgan fingerprint density at radius 2 is 2.12 bits per heavy atom. The Kier molecular flexibility index (Phi) is 3.80. The number of aromatic nitrogens is 1. The van der Waals surface area contributed by atoms with Crippen LogP contribution in [0.15, 0.2) is 32.3 Å². The molecule has 1 aromatic heterocycles. The van der Waals surface area contributed by atoms with Gasteiger partial charge in [0.05, 0.1) is 10.4 Å². The van der Waals surface area contributed by atoms with Gasteiger partial charge in [0.1, 0.15) is 0 Å². The lowest BCUT2D eigenvalue weighted by Crippen LogP contribution is -2.27. The molecule has 0 saturated heterocycles. The molecule has 4 rings (SSSR count). The minimum absolute atomic E-state index is 0.136. The Bertz CT molecular complexity index is 928. The van der Waals surface area contributed by atoms with E-state index in [9.17, 15) is 13.2 Å². The van der Waals surface area contributed by atoms with Gasteiger partial charge in [-0.3, -0.25) is 4.57 Å². The average molecular weight is 350 g/mol. The minimum Gasteiger partial charge on any atom is -0.408 e. The van der Waals surface area contributed by atoms with Crippen LogP contribution in [0, 0.1) is 17.8 Å². The molecule has 2 fully saturated rings. The lowest BCUT2D eigenvalue weighted by atomic mass is 9.86. The van der Waals surface area contributed by atoms with Crippen molar-refractivity contribution in [2.45, 2.75) is 37.0 Å². The van der Waals surface area contributed by atoms with Crippen LogP contribution in [0.5, 0.6) is 0 Å². The first kappa shape index (κ1) is 15.9. The van der Waals surface area contributed by atoms with Gasteiger partial charge in [0, 0.05) is 19.7 Å². The fraction of sp³-hybridized carbons (Fsp3) is 0.588. The molecule has 1 heterocycles. The third kappa shape index (κ3) is 2.69. The number of rotatable bonds is 5. The number of fused-ring (bicyclic) bond motifs is 3. The van der Waals surface area contributed by atoms with Crippen molar-refractivity contribution in [2.75, 3.05) is 6.54 Å². The molecule has 7 heteroatoms. The second-order valence-electron chi connectivity index (χ2n) is 7.18. The Hall–Kier alpha value is -1.60. The van der Waals surface area contributed by atoms with Crippen molar-refractivity contribution < 1.29 is 12.8 Å². The summed E-state index contributed by atoms with van der Waals surface area (Å²) in [5.74, 6) is 1.85. The molecule has 2 aromatic rings. The molecule has 3 unspecified atom stereocenters. The van der Waals surface area contributed by atoms with Crippen LogP contribution in [0.3, 0.4) is 0 Å². The number of nitrogens with zero attached hydrogens (tertiary/aromatic N) is 1. The first-order chi connectivity index (χ1) is 11.4. The maximum atomic E-state index is 12.5. The number of nitrogens with one attached hydrogen (secondary N) is 1. The van der Waals surface area contributed by atoms with Crippen molar-refractivity contribution in [3.63, 3.8) is 0 Å². The van der Waals surface area contributed by atoms with Crippen molar-refractivity contribution >= 4 is 21.1 Å². The quantitative estimate of drug-likeness (QED) is 0.897. The number of hydrogen-bond acceptors (Lipinski definition) is 4. The third-order valence-electron chi connectivity index (χ3n) is 5.77. The smallest absolute Gasteiger partial charge is 0.408 e. The summed E-state index contributed by atoms with van der Waals surface area (Å²) in [5.41, 5.74) is 0.874. The van der Waals surface area contributed by atoms with Gasteiger partial charge in [-0.15, -0.1) is 0 Å². The predicted molar refractivity (Wildman–Crippen MR) is 90.2 cm³/mol. The van der Waals surface area contributed by atoms with Crippen LogP contribution in [0.25, 0.3) is 11.1 Å². The van der Waals surface area contributed by atoms with Gasteiger partial charge in [0.2, 0.25) is 10.0 Å². The largest absolute Gasteiger partial charge is 0.419 e. The standard InChI is InChI=1S/C17H22N2O4S/c1-19-15-5-4-14(10-16(15)23-17(19)20)24(21,22)18-7-6-13-9-11-2-3-12(13)8-11/h4-5,10-13,18H,2-3,6-9H2,1H3. The summed E-state index contributed by atoms with van der Waals surface area (Å²) in [6.07, 6.45) is 6.17. The van der Waals surface area contributed by atoms with E-state index in [1.165, 1.54) is 42.4 Å². The van der Waals surface area contributed by atoms with Crippen LogP contribution in [-0.4, -0.2) is 19.5 Å². The first-order valence-electron chi connectivity index (χ1n) is 8.53. The number of benzene rings is 1. The first-order valence-corrected chi connectivity index (χ1v) is 10.0. The van der Waals surface area contributed by atoms with E-state index in [2.05, 4.69) is 4.72 Å². The summed E-state index contributed by atoms with van der Waals surface area (Å²) in [4.78, 5) is 11.6. The van der Waals surface area contributed by atoms with Crippen LogP contribution in [-0.2, 0) is 17.1 Å². The molecule has 0 amide bonds. The third-order valence-corrected chi connectivity index (χ3v) is 7.22. The van der Waals surface area contributed by atoms with Crippen LogP contribution in [0.2, 0.25) is 0 Å². The molecule has 3 atom stereocenters. The molecule has 2 bridgehead atoms. The molecule has 1 N–H and O–H groups in total. The maximum Gasteiger partial charge on any atom is 0.419 e. The monoisotopic (exact) mass is 350 g/mol. The van der Waals surface area contributed by atoms with Crippen molar-refractivity contribution in [1.29, 1.82) is 0 Å². The number of hydrogen-bond donors (Lipinski definition) is 1. The van der Waals surface area contributed by atoms with E-state index in [1.54, 1.807) is 13.1 Å². The Balaban J connectivity index is 1.45. The summed E-state index contributed by atoms with van der Waals surface area (Å²) in [6, 6.07) is 4.53. The Morgan fingerprint density at radius 1 is 1.29 bits per heavy atom. The van der Waals surface area contributed by atoms with Crippen LogP contribution in [0.1, 0.15) is 32.1 Å². The Morgan fingerprint density at radius 3 is 2.83 bits per heavy atom. The van der Waals surface area contributed by atoms with Gasteiger partial charge in [-0.2, -0.15) is 0 Å². The summed E-state index contributed by atoms with van der Waals surface area (Å²) in [6.45, 7) is 0.465. The fourth-order valence-corrected chi connectivity index (χ4v) is 5.54. The SMILES string of the molecule is Cn1c(=O)oc2cc(S(=O)(=O)NCCC3CC4CCC3C4)ccc21. The molecule has 0 aliphatic heterocycles. The molecule has 2 saturated carbocycles. The summed E-state index contributed by atoms with van der Waals surface area (Å²) >= 11 is 0. The topological polar surface area (TPSA) is 81.3 Å². The fourth-order valence-electron chi connectivity index (χ4n) is 4.47. The second-order valence-corrected chi connectivity index (χ2v) is 8.94. The summed E-state index contributed by atoms with van der Waals surface area (Å²) in [7, 11) is -1.99. The predicted octanol–water partition coefficient (Wildman–Crippen LogP) is 2.24. The van der Waals surface area contributed by atoms with E-state index in [4.69, 9.17) is 4.42 Å². The van der Waals surface area contributed by atoms with Gasteiger partial charge in [-0.1, -0.05) is 6.42 Å². The molecule has 2 aliphatic carbocycles. The minimum atomic E-state index is -3.58. The summed E-state index contributed by atoms with van der Waals surface area (Å²) < 4.78 is 34.0. The zero-order chi connectivity index (χ0) is 16.9. The van der Waals surface area contributed by atoms with E-state index in [1.807, 2.05) is 0 Å². The molecule has 1 aromatic carbocycles. The van der Waals surface area contributed by atoms with Gasteiger partial charge in [-0.05, 0) is 55.6 Å². The molecule has 0 spiro atoms. The van der Waals surface area contributed by atoms with Gasteiger partial charge < -0.3 is 4.42 Å². The van der Waals surface area contributed by atoms with Crippen molar-refractivity contribution in [3.05, 3.63) is 28.7 Å². The van der Waals surface area contributed by atoms with Crippen LogP contribution < -0.4 is 10.5 Å². The van der Waals surface area contributed by atoms with Gasteiger partial charge in [0.25, 0.3) is 0 Å². The van der Waals surface area contributed by atoms with Crippen molar-refractivity contribution in [2.24, 2.45) is 24.8 Å². The highest BCUT2D eigenvalue weighted by molar-refractivity contribution is 7.89. The van der Waals surface area contributed by atoms with E-state index in [-0.39, 0.29) is 4.90 Å². The van der Waals surface area contributed by atoms with Gasteiger partial charge in [0.15, 0.2) is 5.58 Å². The van der Waals surface area contributed by atoms with Crippen molar-refractivity contribution in [3.8, 4) is 0 Å². The number of oxazole rings is 1. The number of aryl methyl sites for hydroxylation is 1. The Labute approximate surface area is 140 Å². The summed E-state index contributed by atoms with van der Waals surface area (Å²) in [5, 5.41) is 0. The van der Waals surface area contributed by atoms with Crippen LogP contribution >= 0.6 is 0 Å². The molecule has 130 valence electrons. The zero-order valence-electron chi connectivity index (χ0n) is 13.7. The van der Waals surface area contributed by atoms with Gasteiger partial charge >= 0.3 is 5.76 Å². The zero-order valence-corrected chi connectivity index (χ0v) is 14.5. The van der Waals surface area contributed by atoms with Crippen molar-refractivity contribution in [1.82, 2.24) is 9.29 Å². The lowest BCUT2D eigenvalue weighted by Gasteiger charge is -2.21. The molecule has 24 heavy (non-hydrogen) atoms. The molecule has 0 radical (unpaired) electrons. The highest BCUT2D eigenvalue weighted by Gasteiger charge is 2.38. The van der Waals surface area contributed by atoms with E-state index in [0.29, 0.717) is 23.6 Å². The average Bonchev–Trinajstić information content (AvgIpc) is 3.23. The lowest BCUT2D eigenvalue weighted by molar-refractivity contribution is 0.315. The van der Waals surface area contributed by atoms with E-state index < -0.39 is 15.8 Å². The van der Waals surface area contributed by atoms with Gasteiger partial charge in [-0.25, -0.2) is 17.9 Å². The second kappa shape index (κ2) is 5.74. The van der Waals surface area contributed by atoms with E-state index in [0.717, 1.165) is 18.3 Å². The molecular weight excluding hydrogens is 328 g/mol. The molecule has 6 nitrogen and oxygen atoms in total. The van der Waals surface area contributed by atoms with Crippen LogP contribution in [0.4, 0.5) is 0 Å². The normalized spacial score (nSPS) is 26.5. The van der Waals surface area contributed by atoms with E-state index >= 15 is 0 Å². The highest BCUT2D eigenvalue weighted by Crippen LogP contribution is 2.49. The maximum absolute atomic E-state index is 12.5.